The molecule has 1 saturated heterocycles. The fourth-order valence-electron chi connectivity index (χ4n) is 2.11. The lowest BCUT2D eigenvalue weighted by Crippen LogP contribution is -2.50. The van der Waals surface area contributed by atoms with Gasteiger partial charge in [-0.15, -0.1) is 12.4 Å². The molecule has 1 heterocycles. The first-order valence-corrected chi connectivity index (χ1v) is 6.61. The highest BCUT2D eigenvalue weighted by Crippen LogP contribution is 2.18. The summed E-state index contributed by atoms with van der Waals surface area (Å²) in [6.07, 6.45) is 1.08. The van der Waals surface area contributed by atoms with Crippen molar-refractivity contribution in [3.05, 3.63) is 0 Å². The number of carbonyl (C=O) groups is 2. The first-order valence-electron chi connectivity index (χ1n) is 6.61. The minimum Gasteiger partial charge on any atom is -0.467 e. The van der Waals surface area contributed by atoms with Gasteiger partial charge in [0.15, 0.2) is 0 Å². The van der Waals surface area contributed by atoms with Crippen molar-refractivity contribution in [1.29, 1.82) is 0 Å². The topological polar surface area (TPSA) is 76.7 Å². The number of ether oxygens (including phenoxy) is 2. The molecular formula is C13H25ClN2O4. The van der Waals surface area contributed by atoms with Crippen molar-refractivity contribution in [2.75, 3.05) is 20.2 Å². The molecule has 1 atom stereocenters. The maximum Gasteiger partial charge on any atom is 0.408 e. The Morgan fingerprint density at radius 1 is 1.25 bits per heavy atom. The average molecular weight is 309 g/mol. The van der Waals surface area contributed by atoms with E-state index >= 15 is 0 Å². The molecule has 0 bridgehead atoms. The fourth-order valence-corrected chi connectivity index (χ4v) is 2.11. The van der Waals surface area contributed by atoms with Crippen LogP contribution >= 0.6 is 12.4 Å². The van der Waals surface area contributed by atoms with Gasteiger partial charge in [-0.2, -0.15) is 0 Å². The van der Waals surface area contributed by atoms with Gasteiger partial charge in [0.25, 0.3) is 0 Å². The molecule has 118 valence electrons. The molecule has 1 unspecified atom stereocenters. The van der Waals surface area contributed by atoms with E-state index in [1.165, 1.54) is 7.11 Å². The summed E-state index contributed by atoms with van der Waals surface area (Å²) in [5.41, 5.74) is -0.584. The summed E-state index contributed by atoms with van der Waals surface area (Å²) < 4.78 is 9.95. The van der Waals surface area contributed by atoms with Crippen LogP contribution in [0.3, 0.4) is 0 Å². The van der Waals surface area contributed by atoms with Crippen molar-refractivity contribution >= 4 is 24.5 Å². The molecule has 7 heteroatoms. The van der Waals surface area contributed by atoms with Gasteiger partial charge in [-0.3, -0.25) is 0 Å². The SMILES string of the molecule is COC(=O)C(NC(=O)OC(C)(C)C)C1CCNCC1.Cl. The standard InChI is InChI=1S/C13H24N2O4.ClH/c1-13(2,3)19-12(17)15-10(11(16)18-4)9-5-7-14-8-6-9;/h9-10,14H,5-8H2,1-4H3,(H,15,17);1H. The van der Waals surface area contributed by atoms with Crippen molar-refractivity contribution in [3.8, 4) is 0 Å². The molecule has 0 saturated carbocycles. The number of amides is 1. The average Bonchev–Trinajstić information content (AvgIpc) is 2.34. The molecule has 1 aliphatic rings. The van der Waals surface area contributed by atoms with Crippen molar-refractivity contribution in [2.45, 2.75) is 45.3 Å². The number of halogens is 1. The zero-order valence-corrected chi connectivity index (χ0v) is 13.3. The molecule has 0 aromatic carbocycles. The van der Waals surface area contributed by atoms with Crippen LogP contribution in [-0.2, 0) is 14.3 Å². The van der Waals surface area contributed by atoms with Crippen molar-refractivity contribution in [2.24, 2.45) is 5.92 Å². The van der Waals surface area contributed by atoms with Crippen LogP contribution in [0.1, 0.15) is 33.6 Å². The summed E-state index contributed by atoms with van der Waals surface area (Å²) in [6.45, 7) is 7.03. The Hall–Kier alpha value is -1.01. The van der Waals surface area contributed by atoms with Crippen molar-refractivity contribution in [3.63, 3.8) is 0 Å². The number of rotatable bonds is 3. The van der Waals surface area contributed by atoms with E-state index in [-0.39, 0.29) is 18.3 Å². The molecule has 0 aromatic rings. The molecule has 1 amide bonds. The van der Waals surface area contributed by atoms with Crippen LogP contribution in [-0.4, -0.2) is 43.9 Å². The number of methoxy groups -OCH3 is 1. The second kappa shape index (κ2) is 8.32. The molecule has 2 N–H and O–H groups in total. The van der Waals surface area contributed by atoms with Crippen molar-refractivity contribution < 1.29 is 19.1 Å². The first-order chi connectivity index (χ1) is 8.83. The van der Waals surface area contributed by atoms with Gasteiger partial charge in [-0.1, -0.05) is 0 Å². The maximum atomic E-state index is 11.8. The van der Waals surface area contributed by atoms with Gasteiger partial charge in [0, 0.05) is 0 Å². The Labute approximate surface area is 126 Å². The third-order valence-corrected chi connectivity index (χ3v) is 2.98. The number of piperidine rings is 1. The summed E-state index contributed by atoms with van der Waals surface area (Å²) >= 11 is 0. The van der Waals surface area contributed by atoms with Gasteiger partial charge in [0.05, 0.1) is 7.11 Å². The van der Waals surface area contributed by atoms with E-state index in [1.54, 1.807) is 20.8 Å². The second-order valence-corrected chi connectivity index (χ2v) is 5.73. The summed E-state index contributed by atoms with van der Waals surface area (Å²) in [4.78, 5) is 23.6. The lowest BCUT2D eigenvalue weighted by atomic mass is 9.90. The smallest absolute Gasteiger partial charge is 0.408 e. The summed E-state index contributed by atoms with van der Waals surface area (Å²) in [7, 11) is 1.33. The molecule has 0 aliphatic carbocycles. The van der Waals surface area contributed by atoms with E-state index in [4.69, 9.17) is 9.47 Å². The third-order valence-electron chi connectivity index (χ3n) is 2.98. The molecule has 1 rings (SSSR count). The Morgan fingerprint density at radius 3 is 2.25 bits per heavy atom. The quantitative estimate of drug-likeness (QED) is 0.772. The van der Waals surface area contributed by atoms with E-state index < -0.39 is 23.7 Å². The maximum absolute atomic E-state index is 11.8. The minimum absolute atomic E-state index is 0. The number of carbonyl (C=O) groups excluding carboxylic acids is 2. The largest absolute Gasteiger partial charge is 0.467 e. The molecule has 1 fully saturated rings. The summed E-state index contributed by atoms with van der Waals surface area (Å²) in [5, 5.41) is 5.85. The molecular weight excluding hydrogens is 284 g/mol. The van der Waals surface area contributed by atoms with Crippen LogP contribution in [0.5, 0.6) is 0 Å². The Morgan fingerprint density at radius 2 is 1.80 bits per heavy atom. The molecule has 1 aliphatic heterocycles. The number of hydrogen-bond donors (Lipinski definition) is 2. The van der Waals surface area contributed by atoms with Crippen LogP contribution in [0.4, 0.5) is 4.79 Å². The number of alkyl carbamates (subject to hydrolysis) is 1. The number of nitrogens with one attached hydrogen (secondary N) is 2. The van der Waals surface area contributed by atoms with Crippen LogP contribution in [0.15, 0.2) is 0 Å². The Bertz CT molecular complexity index is 325. The third kappa shape index (κ3) is 6.43. The molecule has 20 heavy (non-hydrogen) atoms. The highest BCUT2D eigenvalue weighted by atomic mass is 35.5. The highest BCUT2D eigenvalue weighted by Gasteiger charge is 2.32. The van der Waals surface area contributed by atoms with E-state index in [9.17, 15) is 9.59 Å². The van der Waals surface area contributed by atoms with E-state index in [0.29, 0.717) is 0 Å². The lowest BCUT2D eigenvalue weighted by Gasteiger charge is -2.30. The van der Waals surface area contributed by atoms with Crippen LogP contribution in [0.25, 0.3) is 0 Å². The zero-order chi connectivity index (χ0) is 14.5. The van der Waals surface area contributed by atoms with Crippen LogP contribution < -0.4 is 10.6 Å². The predicted octanol–water partition coefficient (Wildman–Crippen LogP) is 1.47. The molecule has 0 radical (unpaired) electrons. The Balaban J connectivity index is 0.00000361. The normalized spacial score (nSPS) is 17.6. The fraction of sp³-hybridized carbons (Fsp3) is 0.846. The second-order valence-electron chi connectivity index (χ2n) is 5.73. The van der Waals surface area contributed by atoms with E-state index in [0.717, 1.165) is 25.9 Å². The summed E-state index contributed by atoms with van der Waals surface area (Å²) in [5.74, 6) is -0.334. The predicted molar refractivity (Wildman–Crippen MR) is 78.0 cm³/mol. The highest BCUT2D eigenvalue weighted by molar-refractivity contribution is 5.85. The van der Waals surface area contributed by atoms with E-state index in [2.05, 4.69) is 10.6 Å². The van der Waals surface area contributed by atoms with Gasteiger partial charge in [-0.05, 0) is 52.6 Å². The first kappa shape index (κ1) is 19.0. The molecule has 6 nitrogen and oxygen atoms in total. The van der Waals surface area contributed by atoms with Crippen LogP contribution in [0.2, 0.25) is 0 Å². The number of esters is 1. The summed E-state index contributed by atoms with van der Waals surface area (Å²) in [6, 6.07) is -0.637. The lowest BCUT2D eigenvalue weighted by molar-refractivity contribution is -0.145. The Kier molecular flexibility index (Phi) is 7.90. The van der Waals surface area contributed by atoms with Gasteiger partial charge in [-0.25, -0.2) is 9.59 Å². The van der Waals surface area contributed by atoms with Gasteiger partial charge < -0.3 is 20.1 Å². The molecule has 0 aromatic heterocycles. The monoisotopic (exact) mass is 308 g/mol. The van der Waals surface area contributed by atoms with Crippen molar-refractivity contribution in [1.82, 2.24) is 10.6 Å². The number of hydrogen-bond acceptors (Lipinski definition) is 5. The zero-order valence-electron chi connectivity index (χ0n) is 12.5. The van der Waals surface area contributed by atoms with Crippen LogP contribution in [0, 0.1) is 5.92 Å². The van der Waals surface area contributed by atoms with Gasteiger partial charge in [0.1, 0.15) is 11.6 Å². The minimum atomic E-state index is -0.637. The van der Waals surface area contributed by atoms with E-state index in [1.807, 2.05) is 0 Å². The molecule has 0 spiro atoms. The van der Waals surface area contributed by atoms with Gasteiger partial charge in [0.2, 0.25) is 0 Å². The van der Waals surface area contributed by atoms with Gasteiger partial charge >= 0.3 is 12.1 Å².